The summed E-state index contributed by atoms with van der Waals surface area (Å²) in [7, 11) is 1.55. The van der Waals surface area contributed by atoms with Gasteiger partial charge in [0.05, 0.1) is 6.61 Å². The highest BCUT2D eigenvalue weighted by Crippen LogP contribution is 2.45. The lowest BCUT2D eigenvalue weighted by Gasteiger charge is -2.26. The van der Waals surface area contributed by atoms with Gasteiger partial charge in [-0.2, -0.15) is 0 Å². The fourth-order valence-electron chi connectivity index (χ4n) is 8.22. The first-order valence-corrected chi connectivity index (χ1v) is 25.8. The quantitative estimate of drug-likeness (QED) is 0.0126. The maximum Gasteiger partial charge on any atom is 0.407 e. The van der Waals surface area contributed by atoms with Gasteiger partial charge >= 0.3 is 12.1 Å². The number of esters is 1. The van der Waals surface area contributed by atoms with E-state index < -0.39 is 60.1 Å². The molecule has 0 saturated carbocycles. The molecule has 16 nitrogen and oxygen atoms in total. The summed E-state index contributed by atoms with van der Waals surface area (Å²) in [4.78, 5) is 72.8. The van der Waals surface area contributed by atoms with Gasteiger partial charge in [0.15, 0.2) is 12.6 Å². The Hall–Kier alpha value is -7.36. The summed E-state index contributed by atoms with van der Waals surface area (Å²) in [5, 5.41) is 18.2. The highest BCUT2D eigenvalue weighted by Gasteiger charge is 2.31. The van der Waals surface area contributed by atoms with E-state index in [0.717, 1.165) is 44.7 Å². The molecule has 7 N–H and O–H groups in total. The molecule has 0 heterocycles. The minimum atomic E-state index is -1.14. The zero-order chi connectivity index (χ0) is 53.6. The molecule has 398 valence electrons. The van der Waals surface area contributed by atoms with Gasteiger partial charge in [0, 0.05) is 31.3 Å². The van der Waals surface area contributed by atoms with Crippen LogP contribution in [0.4, 0.5) is 4.79 Å². The van der Waals surface area contributed by atoms with Crippen LogP contribution < -0.4 is 41.8 Å². The van der Waals surface area contributed by atoms with Crippen LogP contribution in [0.15, 0.2) is 108 Å². The summed E-state index contributed by atoms with van der Waals surface area (Å²) in [6, 6.07) is 29.8. The first kappa shape index (κ1) is 57.5. The molecule has 0 aliphatic rings. The number of nitrogens with one attached hydrogen (secondary N) is 5. The molecule has 5 aromatic carbocycles. The van der Waals surface area contributed by atoms with Gasteiger partial charge in [-0.15, -0.1) is 0 Å². The number of nitrogens with two attached hydrogens (primary N) is 1. The van der Waals surface area contributed by atoms with Crippen LogP contribution in [0.3, 0.4) is 0 Å². The van der Waals surface area contributed by atoms with Crippen molar-refractivity contribution in [3.63, 3.8) is 0 Å². The van der Waals surface area contributed by atoms with E-state index in [1.807, 2.05) is 117 Å². The number of rotatable bonds is 27. The summed E-state index contributed by atoms with van der Waals surface area (Å²) in [6.45, 7) is 14.1. The monoisotopic (exact) mass is 1020 g/mol. The maximum atomic E-state index is 14.5. The standard InChI is InChI=1S/C58H77N7O9/c1-38(2)31-34-71-48-29-27-41-21-12-14-23-43(41)51(48)52-44-24-15-13-22-42(44)28-30-49(52)72-37-50(66)63-45(25-16-17-32-62-57(70)74-58(5,6)7)53(67)64-46(26-18-33-61-56(59)60-8)54(68)65-47(35-39(3)4)55(69)73-36-40-19-10-9-11-20-40/h9-15,19-24,27-30,38-39,45-47H,16-18,25-26,31-37H2,1-8H3,(H,62,70)(H,63,66)(H,64,67)(H,65,68)(H3,59,60,61)/t45-,46-,47+/m1/s1. The van der Waals surface area contributed by atoms with Crippen molar-refractivity contribution in [2.75, 3.05) is 33.4 Å². The lowest BCUT2D eigenvalue weighted by atomic mass is 9.92. The average Bonchev–Trinajstić information content (AvgIpc) is 3.36. The molecule has 0 spiro atoms. The molecule has 0 bridgehead atoms. The number of hydrogen-bond donors (Lipinski definition) is 6. The number of carbonyl (C=O) groups excluding carboxylic acids is 5. The molecule has 0 aromatic heterocycles. The Kier molecular flexibility index (Phi) is 22.4. The minimum absolute atomic E-state index is 0.00701. The second-order valence-electron chi connectivity index (χ2n) is 20.2. The van der Waals surface area contributed by atoms with Gasteiger partial charge in [-0.1, -0.05) is 119 Å². The molecule has 5 rings (SSSR count). The van der Waals surface area contributed by atoms with E-state index in [2.05, 4.69) is 45.4 Å². The van der Waals surface area contributed by atoms with E-state index in [1.54, 1.807) is 27.8 Å². The number of nitrogens with zero attached hydrogens (tertiary/aromatic N) is 1. The smallest absolute Gasteiger partial charge is 0.407 e. The third-order valence-electron chi connectivity index (χ3n) is 12.0. The summed E-state index contributed by atoms with van der Waals surface area (Å²) in [5.41, 5.74) is 7.58. The second kappa shape index (κ2) is 28.8. The number of alkyl carbamates (subject to hydrolysis) is 1. The van der Waals surface area contributed by atoms with Gasteiger partial charge in [0.1, 0.15) is 41.8 Å². The van der Waals surface area contributed by atoms with Gasteiger partial charge in [0.25, 0.3) is 5.91 Å². The van der Waals surface area contributed by atoms with Gasteiger partial charge in [-0.25, -0.2) is 9.59 Å². The summed E-state index contributed by atoms with van der Waals surface area (Å²) >= 11 is 0. The predicted octanol–water partition coefficient (Wildman–Crippen LogP) is 8.72. The molecule has 0 aliphatic heterocycles. The second-order valence-corrected chi connectivity index (χ2v) is 20.2. The van der Waals surface area contributed by atoms with E-state index in [-0.39, 0.29) is 44.3 Å². The number of guanidine groups is 1. The molecular formula is C58H77N7O9. The highest BCUT2D eigenvalue weighted by atomic mass is 16.6. The summed E-state index contributed by atoms with van der Waals surface area (Å²) < 4.78 is 24.0. The number of carbonyl (C=O) groups is 5. The Morgan fingerprint density at radius 1 is 0.608 bits per heavy atom. The number of ether oxygens (including phenoxy) is 4. The van der Waals surface area contributed by atoms with E-state index in [9.17, 15) is 24.0 Å². The van der Waals surface area contributed by atoms with Crippen LogP contribution in [-0.4, -0.2) is 92.8 Å². The van der Waals surface area contributed by atoms with Gasteiger partial charge in [-0.05, 0) is 117 Å². The van der Waals surface area contributed by atoms with Crippen LogP contribution >= 0.6 is 0 Å². The van der Waals surface area contributed by atoms with Crippen molar-refractivity contribution in [3.05, 3.63) is 109 Å². The number of unbranched alkanes of at least 4 members (excludes halogenated alkanes) is 1. The fourth-order valence-corrected chi connectivity index (χ4v) is 8.22. The van der Waals surface area contributed by atoms with Crippen LogP contribution in [0.2, 0.25) is 0 Å². The van der Waals surface area contributed by atoms with E-state index in [4.69, 9.17) is 24.7 Å². The minimum Gasteiger partial charge on any atom is -0.493 e. The molecule has 74 heavy (non-hydrogen) atoms. The Morgan fingerprint density at radius 3 is 1.76 bits per heavy atom. The Bertz CT molecular complexity index is 2670. The zero-order valence-electron chi connectivity index (χ0n) is 44.4. The zero-order valence-corrected chi connectivity index (χ0v) is 44.4. The molecule has 3 atom stereocenters. The number of benzene rings is 5. The number of fused-ring (bicyclic) bond motifs is 2. The van der Waals surface area contributed by atoms with Crippen molar-refractivity contribution in [2.45, 2.75) is 124 Å². The SMILES string of the molecule is CN=C(N)NCCC[C@@H](NC(=O)[C@@H](CCCCNC(=O)OC(C)(C)C)NC(=O)COc1ccc2ccccc2c1-c1c(OCCC(C)C)ccc2ccccc12)C(=O)N[C@@H](CC(C)C)C(=O)OCc1ccccc1. The van der Waals surface area contributed by atoms with Crippen molar-refractivity contribution >= 4 is 57.3 Å². The van der Waals surface area contributed by atoms with E-state index >= 15 is 0 Å². The molecule has 16 heteroatoms. The maximum absolute atomic E-state index is 14.5. The number of aliphatic imine (C=N–C) groups is 1. The first-order chi connectivity index (χ1) is 35.4. The summed E-state index contributed by atoms with van der Waals surface area (Å²) in [5.74, 6) is -0.640. The third-order valence-corrected chi connectivity index (χ3v) is 12.0. The molecule has 4 amide bonds. The predicted molar refractivity (Wildman–Crippen MR) is 292 cm³/mol. The lowest BCUT2D eigenvalue weighted by molar-refractivity contribution is -0.150. The summed E-state index contributed by atoms with van der Waals surface area (Å²) in [6.07, 6.45) is 2.06. The fraction of sp³-hybridized carbons (Fsp3) is 0.448. The molecular weight excluding hydrogens is 939 g/mol. The Balaban J connectivity index is 1.41. The van der Waals surface area contributed by atoms with Crippen LogP contribution in [0, 0.1) is 11.8 Å². The van der Waals surface area contributed by atoms with Crippen LogP contribution in [0.25, 0.3) is 32.7 Å². The normalized spacial score (nSPS) is 12.9. The van der Waals surface area contributed by atoms with Crippen molar-refractivity contribution in [1.29, 1.82) is 0 Å². The van der Waals surface area contributed by atoms with Gasteiger partial charge < -0.3 is 51.3 Å². The van der Waals surface area contributed by atoms with Gasteiger partial charge in [0.2, 0.25) is 11.8 Å². The first-order valence-electron chi connectivity index (χ1n) is 25.8. The van der Waals surface area contributed by atoms with E-state index in [1.165, 1.54) is 0 Å². The van der Waals surface area contributed by atoms with Crippen molar-refractivity contribution < 1.29 is 42.9 Å². The Morgan fingerprint density at radius 2 is 1.16 bits per heavy atom. The molecule has 0 fully saturated rings. The average molecular weight is 1020 g/mol. The molecule has 0 unspecified atom stereocenters. The largest absolute Gasteiger partial charge is 0.493 e. The van der Waals surface area contributed by atoms with Crippen LogP contribution in [-0.2, 0) is 35.3 Å². The van der Waals surface area contributed by atoms with Gasteiger partial charge in [-0.3, -0.25) is 19.4 Å². The van der Waals surface area contributed by atoms with Crippen LogP contribution in [0.5, 0.6) is 11.5 Å². The highest BCUT2D eigenvalue weighted by molar-refractivity contribution is 6.10. The van der Waals surface area contributed by atoms with Crippen molar-refractivity contribution in [1.82, 2.24) is 26.6 Å². The van der Waals surface area contributed by atoms with Crippen molar-refractivity contribution in [2.24, 2.45) is 22.6 Å². The molecule has 5 aromatic rings. The third kappa shape index (κ3) is 18.6. The molecule has 0 saturated heterocycles. The number of amides is 4. The number of hydrogen-bond acceptors (Lipinski definition) is 10. The Labute approximate surface area is 436 Å². The molecule has 0 aliphatic carbocycles. The lowest BCUT2D eigenvalue weighted by Crippen LogP contribution is -2.56. The van der Waals surface area contributed by atoms with Crippen LogP contribution in [0.1, 0.15) is 99.0 Å². The topological polar surface area (TPSA) is 221 Å². The van der Waals surface area contributed by atoms with Crippen molar-refractivity contribution in [3.8, 4) is 22.6 Å². The molecule has 0 radical (unpaired) electrons. The van der Waals surface area contributed by atoms with E-state index in [0.29, 0.717) is 49.8 Å².